The molecule has 1 aliphatic rings. The number of rotatable bonds is 7. The van der Waals surface area contributed by atoms with Crippen LogP contribution in [0.2, 0.25) is 0 Å². The maximum absolute atomic E-state index is 12.3. The molecule has 0 heterocycles. The van der Waals surface area contributed by atoms with Crippen LogP contribution in [0.4, 0.5) is 0 Å². The van der Waals surface area contributed by atoms with Crippen LogP contribution in [0.15, 0.2) is 48.5 Å². The van der Waals surface area contributed by atoms with Gasteiger partial charge in [0.25, 0.3) is 0 Å². The van der Waals surface area contributed by atoms with Crippen LogP contribution in [-0.4, -0.2) is 47.4 Å². The smallest absolute Gasteiger partial charge is 0.323 e. The minimum absolute atomic E-state index is 0.0539. The molecule has 0 fully saturated rings. The molecule has 0 aliphatic heterocycles. The lowest BCUT2D eigenvalue weighted by molar-refractivity contribution is -0.147. The Labute approximate surface area is 170 Å². The molecule has 1 aliphatic carbocycles. The highest BCUT2D eigenvalue weighted by molar-refractivity contribution is 5.79. The summed E-state index contributed by atoms with van der Waals surface area (Å²) in [6, 6.07) is 14.8. The van der Waals surface area contributed by atoms with Gasteiger partial charge in [-0.3, -0.25) is 14.9 Å². The molecule has 2 unspecified atom stereocenters. The van der Waals surface area contributed by atoms with Crippen molar-refractivity contribution in [2.45, 2.75) is 38.8 Å². The molecule has 6 nitrogen and oxygen atoms in total. The molecule has 6 heteroatoms. The van der Waals surface area contributed by atoms with E-state index in [2.05, 4.69) is 17.4 Å². The van der Waals surface area contributed by atoms with Crippen molar-refractivity contribution in [3.05, 3.63) is 59.7 Å². The van der Waals surface area contributed by atoms with Crippen molar-refractivity contribution in [1.82, 2.24) is 5.32 Å². The minimum Gasteiger partial charge on any atom is -0.480 e. The Morgan fingerprint density at radius 1 is 1.03 bits per heavy atom. The van der Waals surface area contributed by atoms with Gasteiger partial charge in [0.05, 0.1) is 12.6 Å². The third kappa shape index (κ3) is 4.49. The van der Waals surface area contributed by atoms with E-state index in [-0.39, 0.29) is 19.1 Å². The van der Waals surface area contributed by atoms with Crippen molar-refractivity contribution >= 4 is 11.9 Å². The molecule has 3 rings (SSSR count). The third-order valence-corrected chi connectivity index (χ3v) is 5.31. The van der Waals surface area contributed by atoms with Gasteiger partial charge in [0.15, 0.2) is 0 Å². The summed E-state index contributed by atoms with van der Waals surface area (Å²) in [5, 5.41) is 22.2. The maximum atomic E-state index is 12.3. The molecule has 0 bridgehead atoms. The maximum Gasteiger partial charge on any atom is 0.323 e. The van der Waals surface area contributed by atoms with Gasteiger partial charge in [-0.05, 0) is 27.7 Å². The number of hydrogen-bond acceptors (Lipinski definition) is 5. The number of carboxylic acid groups (broad SMARTS) is 1. The van der Waals surface area contributed by atoms with Gasteiger partial charge in [-0.2, -0.15) is 0 Å². The molecule has 0 saturated heterocycles. The zero-order valence-corrected chi connectivity index (χ0v) is 16.9. The summed E-state index contributed by atoms with van der Waals surface area (Å²) in [5.41, 5.74) is 3.86. The first kappa shape index (κ1) is 21.0. The molecule has 0 aromatic heterocycles. The summed E-state index contributed by atoms with van der Waals surface area (Å²) in [5.74, 6) is -1.82. The summed E-state index contributed by atoms with van der Waals surface area (Å²) in [7, 11) is 0. The fourth-order valence-corrected chi connectivity index (χ4v) is 3.69. The lowest BCUT2D eigenvalue weighted by atomic mass is 9.84. The van der Waals surface area contributed by atoms with Crippen molar-refractivity contribution in [2.75, 3.05) is 13.2 Å². The quantitative estimate of drug-likeness (QED) is 0.622. The summed E-state index contributed by atoms with van der Waals surface area (Å²) >= 11 is 0. The number of aliphatic hydroxyl groups excluding tert-OH is 1. The van der Waals surface area contributed by atoms with E-state index in [1.807, 2.05) is 36.4 Å². The molecule has 2 aromatic rings. The van der Waals surface area contributed by atoms with E-state index in [1.165, 1.54) is 0 Å². The monoisotopic (exact) mass is 397 g/mol. The Kier molecular flexibility index (Phi) is 6.05. The largest absolute Gasteiger partial charge is 0.480 e. The van der Waals surface area contributed by atoms with Crippen molar-refractivity contribution in [3.8, 4) is 11.1 Å². The number of esters is 1. The van der Waals surface area contributed by atoms with Crippen molar-refractivity contribution in [1.29, 1.82) is 0 Å². The number of nitrogens with one attached hydrogen (secondary N) is 1. The summed E-state index contributed by atoms with van der Waals surface area (Å²) in [6.07, 6.45) is -1.15. The summed E-state index contributed by atoms with van der Waals surface area (Å²) < 4.78 is 5.46. The summed E-state index contributed by atoms with van der Waals surface area (Å²) in [6.45, 7) is 5.10. The lowest BCUT2D eigenvalue weighted by Gasteiger charge is -2.31. The number of hydrogen-bond donors (Lipinski definition) is 3. The van der Waals surface area contributed by atoms with E-state index in [4.69, 9.17) is 4.74 Å². The number of aliphatic carboxylic acids is 1. The second-order valence-corrected chi connectivity index (χ2v) is 8.42. The van der Waals surface area contributed by atoms with Crippen LogP contribution in [0, 0.1) is 5.41 Å². The van der Waals surface area contributed by atoms with Crippen LogP contribution in [0.3, 0.4) is 0 Å². The van der Waals surface area contributed by atoms with Crippen LogP contribution in [0.1, 0.15) is 37.8 Å². The number of carboxylic acids is 1. The van der Waals surface area contributed by atoms with E-state index in [1.54, 1.807) is 20.8 Å². The topological polar surface area (TPSA) is 95.9 Å². The van der Waals surface area contributed by atoms with Crippen LogP contribution in [0.5, 0.6) is 0 Å². The first-order valence-electron chi connectivity index (χ1n) is 9.68. The van der Waals surface area contributed by atoms with Crippen molar-refractivity contribution in [3.63, 3.8) is 0 Å². The third-order valence-electron chi connectivity index (χ3n) is 5.31. The highest BCUT2D eigenvalue weighted by Gasteiger charge is 2.35. The molecule has 154 valence electrons. The Balaban J connectivity index is 1.63. The Hall–Kier alpha value is -2.70. The zero-order chi connectivity index (χ0) is 21.2. The minimum atomic E-state index is -1.25. The fraction of sp³-hybridized carbons (Fsp3) is 0.391. The van der Waals surface area contributed by atoms with E-state index in [0.29, 0.717) is 0 Å². The molecular formula is C23H27NO5. The van der Waals surface area contributed by atoms with E-state index in [0.717, 1.165) is 22.3 Å². The van der Waals surface area contributed by atoms with E-state index < -0.39 is 29.5 Å². The normalized spacial score (nSPS) is 15.3. The van der Waals surface area contributed by atoms with Crippen LogP contribution < -0.4 is 5.32 Å². The van der Waals surface area contributed by atoms with E-state index in [9.17, 15) is 19.8 Å². The Morgan fingerprint density at radius 2 is 1.55 bits per heavy atom. The highest BCUT2D eigenvalue weighted by Crippen LogP contribution is 2.44. The van der Waals surface area contributed by atoms with Crippen LogP contribution in [0.25, 0.3) is 11.1 Å². The van der Waals surface area contributed by atoms with Crippen LogP contribution >= 0.6 is 0 Å². The number of carbonyl (C=O) groups excluding carboxylic acids is 1. The van der Waals surface area contributed by atoms with Crippen molar-refractivity contribution in [2.24, 2.45) is 5.41 Å². The predicted molar refractivity (Wildman–Crippen MR) is 110 cm³/mol. The highest BCUT2D eigenvalue weighted by atomic mass is 16.5. The second kappa shape index (κ2) is 8.35. The number of aliphatic hydroxyl groups is 1. The summed E-state index contributed by atoms with van der Waals surface area (Å²) in [4.78, 5) is 23.7. The van der Waals surface area contributed by atoms with Gasteiger partial charge in [0.2, 0.25) is 0 Å². The molecular weight excluding hydrogens is 370 g/mol. The first-order valence-corrected chi connectivity index (χ1v) is 9.68. The zero-order valence-electron chi connectivity index (χ0n) is 16.9. The first-order chi connectivity index (χ1) is 13.7. The molecule has 0 spiro atoms. The SMILES string of the molecule is CC(C)(C)C(O)C(NCC(=O)OCC1c2ccccc2-c2ccccc21)C(=O)O. The lowest BCUT2D eigenvalue weighted by Crippen LogP contribution is -2.52. The number of carbonyl (C=O) groups is 2. The molecule has 3 N–H and O–H groups in total. The number of benzene rings is 2. The molecule has 2 aromatic carbocycles. The average molecular weight is 397 g/mol. The van der Waals surface area contributed by atoms with Gasteiger partial charge < -0.3 is 14.9 Å². The molecule has 0 amide bonds. The molecule has 0 radical (unpaired) electrons. The molecule has 29 heavy (non-hydrogen) atoms. The van der Waals surface area contributed by atoms with Gasteiger partial charge in [0, 0.05) is 5.92 Å². The van der Waals surface area contributed by atoms with Gasteiger partial charge >= 0.3 is 11.9 Å². The van der Waals surface area contributed by atoms with Crippen molar-refractivity contribution < 1.29 is 24.5 Å². The predicted octanol–water partition coefficient (Wildman–Crippen LogP) is 2.79. The molecule has 2 atom stereocenters. The second-order valence-electron chi connectivity index (χ2n) is 8.42. The van der Waals surface area contributed by atoms with Gasteiger partial charge in [-0.1, -0.05) is 69.3 Å². The van der Waals surface area contributed by atoms with Gasteiger partial charge in [0.1, 0.15) is 12.6 Å². The fourth-order valence-electron chi connectivity index (χ4n) is 3.69. The Morgan fingerprint density at radius 3 is 2.03 bits per heavy atom. The van der Waals surface area contributed by atoms with E-state index >= 15 is 0 Å². The van der Waals surface area contributed by atoms with Crippen LogP contribution in [-0.2, 0) is 14.3 Å². The number of fused-ring (bicyclic) bond motifs is 3. The van der Waals surface area contributed by atoms with Gasteiger partial charge in [-0.25, -0.2) is 0 Å². The average Bonchev–Trinajstić information content (AvgIpc) is 2.99. The standard InChI is InChI=1S/C23H27NO5/c1-23(2,3)21(26)20(22(27)28)24-12-19(25)29-13-18-16-10-6-4-8-14(16)15-9-5-7-11-17(15)18/h4-11,18,20-21,24,26H,12-13H2,1-3H3,(H,27,28). The number of ether oxygens (including phenoxy) is 1. The molecule has 0 saturated carbocycles. The Bertz CT molecular complexity index is 857. The van der Waals surface area contributed by atoms with Gasteiger partial charge in [-0.15, -0.1) is 0 Å².